The average molecular weight is 425 g/mol. The number of hydrogen-bond donors (Lipinski definition) is 2. The number of nitrogens with zero attached hydrogens (tertiary/aromatic N) is 2. The van der Waals surface area contributed by atoms with Crippen molar-refractivity contribution in [1.29, 1.82) is 0 Å². The third kappa shape index (κ3) is 7.09. The van der Waals surface area contributed by atoms with Crippen molar-refractivity contribution in [3.8, 4) is 11.5 Å². The van der Waals surface area contributed by atoms with E-state index < -0.39 is 0 Å². The number of guanidine groups is 1. The molecule has 168 valence electrons. The highest BCUT2D eigenvalue weighted by molar-refractivity contribution is 5.80. The van der Waals surface area contributed by atoms with Crippen LogP contribution in [0, 0.1) is 0 Å². The standard InChI is InChI=1S/C25H36N4O2/c1-4-26-25(27-14-8-11-20-9-6-5-7-10-20)28-21-12-15-29(16-13-21)22-17-23(30-2)19-24(18-22)31-3/h5-7,9-10,17-19,21H,4,8,11-16H2,1-3H3,(H2,26,27,28). The quantitative estimate of drug-likeness (QED) is 0.364. The minimum atomic E-state index is 0.427. The normalized spacial score (nSPS) is 14.9. The predicted molar refractivity (Wildman–Crippen MR) is 129 cm³/mol. The van der Waals surface area contributed by atoms with E-state index in [2.05, 4.69) is 64.9 Å². The Bertz CT molecular complexity index is 795. The summed E-state index contributed by atoms with van der Waals surface area (Å²) in [5.41, 5.74) is 2.52. The largest absolute Gasteiger partial charge is 0.497 e. The van der Waals surface area contributed by atoms with Crippen LogP contribution in [0.25, 0.3) is 0 Å². The van der Waals surface area contributed by atoms with Crippen molar-refractivity contribution in [2.24, 2.45) is 4.99 Å². The fourth-order valence-corrected chi connectivity index (χ4v) is 3.89. The zero-order valence-electron chi connectivity index (χ0n) is 19.1. The van der Waals surface area contributed by atoms with E-state index in [1.165, 1.54) is 5.56 Å². The maximum atomic E-state index is 5.42. The van der Waals surface area contributed by atoms with Crippen molar-refractivity contribution in [2.45, 2.75) is 38.6 Å². The fourth-order valence-electron chi connectivity index (χ4n) is 3.89. The molecule has 31 heavy (non-hydrogen) atoms. The smallest absolute Gasteiger partial charge is 0.191 e. The molecular weight excluding hydrogens is 388 g/mol. The summed E-state index contributed by atoms with van der Waals surface area (Å²) < 4.78 is 10.8. The number of nitrogens with one attached hydrogen (secondary N) is 2. The van der Waals surface area contributed by atoms with E-state index in [9.17, 15) is 0 Å². The van der Waals surface area contributed by atoms with Crippen LogP contribution in [-0.2, 0) is 6.42 Å². The second-order valence-corrected chi connectivity index (χ2v) is 7.83. The Morgan fingerprint density at radius 3 is 2.32 bits per heavy atom. The Kier molecular flexibility index (Phi) is 8.88. The summed E-state index contributed by atoms with van der Waals surface area (Å²) in [7, 11) is 3.38. The molecule has 1 aliphatic rings. The van der Waals surface area contributed by atoms with Crippen molar-refractivity contribution in [1.82, 2.24) is 10.6 Å². The summed E-state index contributed by atoms with van der Waals surface area (Å²) in [5.74, 6) is 2.58. The van der Waals surface area contributed by atoms with Gasteiger partial charge in [0.1, 0.15) is 11.5 Å². The van der Waals surface area contributed by atoms with E-state index in [0.717, 1.165) is 75.0 Å². The summed E-state index contributed by atoms with van der Waals surface area (Å²) in [5, 5.41) is 7.03. The first-order valence-electron chi connectivity index (χ1n) is 11.3. The van der Waals surface area contributed by atoms with Gasteiger partial charge in [0, 0.05) is 56.1 Å². The maximum Gasteiger partial charge on any atom is 0.191 e. The second-order valence-electron chi connectivity index (χ2n) is 7.83. The van der Waals surface area contributed by atoms with Gasteiger partial charge in [-0.2, -0.15) is 0 Å². The predicted octanol–water partition coefficient (Wildman–Crippen LogP) is 3.86. The van der Waals surface area contributed by atoms with Gasteiger partial charge in [-0.25, -0.2) is 0 Å². The Balaban J connectivity index is 1.49. The summed E-state index contributed by atoms with van der Waals surface area (Å²) >= 11 is 0. The Morgan fingerprint density at radius 1 is 1.03 bits per heavy atom. The molecule has 0 spiro atoms. The van der Waals surface area contributed by atoms with Crippen LogP contribution in [0.3, 0.4) is 0 Å². The lowest BCUT2D eigenvalue weighted by molar-refractivity contribution is 0.393. The van der Waals surface area contributed by atoms with Crippen LogP contribution in [0.4, 0.5) is 5.69 Å². The molecular formula is C25H36N4O2. The molecule has 0 atom stereocenters. The molecule has 6 heteroatoms. The lowest BCUT2D eigenvalue weighted by atomic mass is 10.0. The Hall–Kier alpha value is -2.89. The first-order valence-corrected chi connectivity index (χ1v) is 11.3. The molecule has 0 amide bonds. The number of aryl methyl sites for hydroxylation is 1. The molecule has 1 saturated heterocycles. The number of rotatable bonds is 9. The number of ether oxygens (including phenoxy) is 2. The average Bonchev–Trinajstić information content (AvgIpc) is 2.82. The third-order valence-electron chi connectivity index (χ3n) is 5.62. The summed E-state index contributed by atoms with van der Waals surface area (Å²) in [4.78, 5) is 7.19. The molecule has 3 rings (SSSR count). The number of anilines is 1. The molecule has 6 nitrogen and oxygen atoms in total. The number of methoxy groups -OCH3 is 2. The highest BCUT2D eigenvalue weighted by atomic mass is 16.5. The minimum absolute atomic E-state index is 0.427. The molecule has 1 heterocycles. The number of aliphatic imine (C=N–C) groups is 1. The van der Waals surface area contributed by atoms with Gasteiger partial charge in [0.2, 0.25) is 0 Å². The number of hydrogen-bond acceptors (Lipinski definition) is 4. The van der Waals surface area contributed by atoms with Crippen molar-refractivity contribution >= 4 is 11.6 Å². The Morgan fingerprint density at radius 2 is 1.71 bits per heavy atom. The van der Waals surface area contributed by atoms with Gasteiger partial charge in [-0.1, -0.05) is 30.3 Å². The molecule has 1 fully saturated rings. The monoisotopic (exact) mass is 424 g/mol. The van der Waals surface area contributed by atoms with Gasteiger partial charge in [-0.15, -0.1) is 0 Å². The van der Waals surface area contributed by atoms with E-state index in [-0.39, 0.29) is 0 Å². The lowest BCUT2D eigenvalue weighted by Crippen LogP contribution is -2.48. The minimum Gasteiger partial charge on any atom is -0.497 e. The van der Waals surface area contributed by atoms with E-state index in [1.54, 1.807) is 14.2 Å². The summed E-state index contributed by atoms with van der Waals surface area (Å²) in [6.45, 7) is 5.78. The molecule has 0 aliphatic carbocycles. The van der Waals surface area contributed by atoms with Crippen LogP contribution in [0.15, 0.2) is 53.5 Å². The van der Waals surface area contributed by atoms with Gasteiger partial charge in [0.15, 0.2) is 5.96 Å². The van der Waals surface area contributed by atoms with Crippen LogP contribution in [-0.4, -0.2) is 52.4 Å². The van der Waals surface area contributed by atoms with Crippen LogP contribution in [0.5, 0.6) is 11.5 Å². The van der Waals surface area contributed by atoms with Crippen molar-refractivity contribution < 1.29 is 9.47 Å². The number of piperidine rings is 1. The molecule has 2 N–H and O–H groups in total. The zero-order chi connectivity index (χ0) is 21.9. The van der Waals surface area contributed by atoms with Crippen LogP contribution in [0.2, 0.25) is 0 Å². The van der Waals surface area contributed by atoms with Gasteiger partial charge in [0.25, 0.3) is 0 Å². The zero-order valence-corrected chi connectivity index (χ0v) is 19.1. The first kappa shape index (κ1) is 22.8. The van der Waals surface area contributed by atoms with Crippen molar-refractivity contribution in [3.63, 3.8) is 0 Å². The van der Waals surface area contributed by atoms with Gasteiger partial charge in [0.05, 0.1) is 14.2 Å². The molecule has 2 aromatic carbocycles. The third-order valence-corrected chi connectivity index (χ3v) is 5.62. The van der Waals surface area contributed by atoms with E-state index in [4.69, 9.17) is 14.5 Å². The molecule has 2 aromatic rings. The van der Waals surface area contributed by atoms with Gasteiger partial charge in [-0.05, 0) is 38.2 Å². The van der Waals surface area contributed by atoms with Gasteiger partial charge in [-0.3, -0.25) is 4.99 Å². The highest BCUT2D eigenvalue weighted by Gasteiger charge is 2.21. The van der Waals surface area contributed by atoms with E-state index in [0.29, 0.717) is 6.04 Å². The molecule has 0 unspecified atom stereocenters. The van der Waals surface area contributed by atoms with Crippen LogP contribution in [0.1, 0.15) is 31.7 Å². The second kappa shape index (κ2) is 12.1. The highest BCUT2D eigenvalue weighted by Crippen LogP contribution is 2.30. The molecule has 0 radical (unpaired) electrons. The Labute approximate surface area is 186 Å². The van der Waals surface area contributed by atoms with Crippen LogP contribution < -0.4 is 25.0 Å². The molecule has 0 aromatic heterocycles. The van der Waals surface area contributed by atoms with Crippen molar-refractivity contribution in [2.75, 3.05) is 45.3 Å². The van der Waals surface area contributed by atoms with Gasteiger partial charge < -0.3 is 25.0 Å². The number of benzene rings is 2. The molecule has 0 saturated carbocycles. The fraction of sp³-hybridized carbons (Fsp3) is 0.480. The first-order chi connectivity index (χ1) is 15.2. The molecule has 1 aliphatic heterocycles. The SMILES string of the molecule is CCNC(=NCCCc1ccccc1)NC1CCN(c2cc(OC)cc(OC)c2)CC1. The lowest BCUT2D eigenvalue weighted by Gasteiger charge is -2.34. The topological polar surface area (TPSA) is 58.1 Å². The van der Waals surface area contributed by atoms with Gasteiger partial charge >= 0.3 is 0 Å². The van der Waals surface area contributed by atoms with E-state index >= 15 is 0 Å². The molecule has 0 bridgehead atoms. The van der Waals surface area contributed by atoms with E-state index in [1.807, 2.05) is 6.07 Å². The summed E-state index contributed by atoms with van der Waals surface area (Å²) in [6, 6.07) is 17.1. The van der Waals surface area contributed by atoms with Crippen molar-refractivity contribution in [3.05, 3.63) is 54.1 Å². The van der Waals surface area contributed by atoms with Crippen LogP contribution >= 0.6 is 0 Å². The maximum absolute atomic E-state index is 5.42. The summed E-state index contributed by atoms with van der Waals surface area (Å²) in [6.07, 6.45) is 4.24.